The van der Waals surface area contributed by atoms with E-state index in [1.165, 1.54) is 30.3 Å². The molecule has 1 aliphatic heterocycles. The second-order valence-corrected chi connectivity index (χ2v) is 12.5. The van der Waals surface area contributed by atoms with Gasteiger partial charge in [-0.15, -0.1) is 0 Å². The van der Waals surface area contributed by atoms with Crippen LogP contribution in [0.4, 0.5) is 8.78 Å². The molecule has 45 heavy (non-hydrogen) atoms. The zero-order valence-electron chi connectivity index (χ0n) is 24.6. The summed E-state index contributed by atoms with van der Waals surface area (Å²) in [6.45, 7) is 2.62. The number of nitriles is 1. The molecule has 12 heteroatoms. The zero-order chi connectivity index (χ0) is 32.9. The van der Waals surface area contributed by atoms with Crippen LogP contribution in [0.25, 0.3) is 0 Å². The predicted octanol–water partition coefficient (Wildman–Crippen LogP) is 5.04. The molecular formula is C33H33Cl2F2N3O5. The predicted molar refractivity (Wildman–Crippen MR) is 165 cm³/mol. The summed E-state index contributed by atoms with van der Waals surface area (Å²) in [7, 11) is 0. The lowest BCUT2D eigenvalue weighted by atomic mass is 9.62. The number of aliphatic hydroxyl groups excluding tert-OH is 2. The van der Waals surface area contributed by atoms with E-state index in [0.29, 0.717) is 5.75 Å². The van der Waals surface area contributed by atoms with E-state index in [-0.39, 0.29) is 40.6 Å². The molecule has 4 rings (SSSR count). The Kier molecular flexibility index (Phi) is 10.8. The van der Waals surface area contributed by atoms with Crippen LogP contribution in [0.1, 0.15) is 43.7 Å². The van der Waals surface area contributed by atoms with Crippen LogP contribution in [-0.2, 0) is 15.0 Å². The molecule has 0 spiro atoms. The molecule has 4 N–H and O–H groups in total. The minimum Gasteiger partial charge on any atom is -0.426 e. The number of nitrogens with zero attached hydrogens (tertiary/aromatic N) is 1. The number of esters is 1. The van der Waals surface area contributed by atoms with Crippen molar-refractivity contribution in [2.24, 2.45) is 5.41 Å². The van der Waals surface area contributed by atoms with Gasteiger partial charge in [-0.2, -0.15) is 5.26 Å². The van der Waals surface area contributed by atoms with Crippen molar-refractivity contribution < 1.29 is 33.3 Å². The molecule has 0 aliphatic carbocycles. The smallest absolute Gasteiger partial charge is 0.316 e. The standard InChI is InChI=1S/C33H33Cl2F2N3O5/c1-32(2,31(44)45-21-7-4-3-5-8-21)16-26-33(18-38,23-12-11-19(34)15-25(23)36)27(22-9-6-10-24(35)28(22)37)29(40-26)30(43)39-14-13-20(42)17-41/h3-12,15,20,26-27,29,40-42H,13-14,16-17H2,1-2H3,(H,39,43)/t20-,26?,27?,29?,33?/m0/s1. The normalized spacial score (nSPS) is 22.0. The molecule has 0 radical (unpaired) electrons. The number of ether oxygens (including phenoxy) is 1. The quantitative estimate of drug-likeness (QED) is 0.168. The first-order valence-electron chi connectivity index (χ1n) is 14.3. The summed E-state index contributed by atoms with van der Waals surface area (Å²) < 4.78 is 37.3. The van der Waals surface area contributed by atoms with E-state index in [0.717, 1.165) is 6.07 Å². The van der Waals surface area contributed by atoms with Gasteiger partial charge in [0.05, 0.1) is 35.3 Å². The Morgan fingerprint density at radius 1 is 1.13 bits per heavy atom. The lowest BCUT2D eigenvalue weighted by molar-refractivity contribution is -0.144. The number of benzene rings is 3. The highest BCUT2D eigenvalue weighted by Crippen LogP contribution is 2.53. The minimum absolute atomic E-state index is 0.0160. The summed E-state index contributed by atoms with van der Waals surface area (Å²) in [4.78, 5) is 27.2. The molecule has 1 heterocycles. The monoisotopic (exact) mass is 659 g/mol. The number of hydrogen-bond donors (Lipinski definition) is 4. The van der Waals surface area contributed by atoms with E-state index in [2.05, 4.69) is 16.7 Å². The fraction of sp³-hybridized carbons (Fsp3) is 0.364. The molecule has 3 aromatic carbocycles. The van der Waals surface area contributed by atoms with Crippen LogP contribution in [0.5, 0.6) is 5.75 Å². The van der Waals surface area contributed by atoms with Gasteiger partial charge in [0.25, 0.3) is 0 Å². The molecule has 1 aliphatic rings. The lowest BCUT2D eigenvalue weighted by Crippen LogP contribution is -2.47. The van der Waals surface area contributed by atoms with Crippen molar-refractivity contribution in [3.8, 4) is 11.8 Å². The fourth-order valence-corrected chi connectivity index (χ4v) is 6.18. The molecule has 0 saturated carbocycles. The van der Waals surface area contributed by atoms with Gasteiger partial charge in [0.1, 0.15) is 22.8 Å². The van der Waals surface area contributed by atoms with Crippen LogP contribution in [0.2, 0.25) is 10.0 Å². The van der Waals surface area contributed by atoms with Gasteiger partial charge in [-0.25, -0.2) is 8.78 Å². The third-order valence-electron chi connectivity index (χ3n) is 8.12. The fourth-order valence-electron chi connectivity index (χ4n) is 5.84. The molecule has 1 fully saturated rings. The Bertz CT molecular complexity index is 1590. The molecule has 0 bridgehead atoms. The van der Waals surface area contributed by atoms with Crippen molar-refractivity contribution in [1.29, 1.82) is 5.26 Å². The maximum absolute atomic E-state index is 15.9. The van der Waals surface area contributed by atoms with E-state index in [1.807, 2.05) is 0 Å². The Labute approximate surface area is 269 Å². The van der Waals surface area contributed by atoms with Crippen LogP contribution < -0.4 is 15.4 Å². The summed E-state index contributed by atoms with van der Waals surface area (Å²) in [5, 5.41) is 35.5. The van der Waals surface area contributed by atoms with Crippen molar-refractivity contribution >= 4 is 35.1 Å². The van der Waals surface area contributed by atoms with Gasteiger partial charge in [0, 0.05) is 29.1 Å². The van der Waals surface area contributed by atoms with Crippen molar-refractivity contribution in [1.82, 2.24) is 10.6 Å². The van der Waals surface area contributed by atoms with Crippen molar-refractivity contribution in [2.45, 2.75) is 56.2 Å². The molecule has 1 amide bonds. The average molecular weight is 661 g/mol. The third-order valence-corrected chi connectivity index (χ3v) is 8.65. The lowest BCUT2D eigenvalue weighted by Gasteiger charge is -2.37. The van der Waals surface area contributed by atoms with Gasteiger partial charge < -0.3 is 25.6 Å². The number of carbonyl (C=O) groups excluding carboxylic acids is 2. The SMILES string of the molecule is CC(C)(CC1NC(C(=O)NCC[C@H](O)CO)C(c2cccc(Cl)c2F)C1(C#N)c1ccc(Cl)cc1F)C(=O)Oc1ccccc1. The van der Waals surface area contributed by atoms with Crippen LogP contribution in [0, 0.1) is 28.4 Å². The van der Waals surface area contributed by atoms with Gasteiger partial charge in [0.15, 0.2) is 0 Å². The van der Waals surface area contributed by atoms with Gasteiger partial charge >= 0.3 is 5.97 Å². The maximum Gasteiger partial charge on any atom is 0.316 e. The Balaban J connectivity index is 1.87. The van der Waals surface area contributed by atoms with Gasteiger partial charge in [-0.3, -0.25) is 9.59 Å². The second-order valence-electron chi connectivity index (χ2n) is 11.6. The first-order valence-corrected chi connectivity index (χ1v) is 15.0. The highest BCUT2D eigenvalue weighted by molar-refractivity contribution is 6.31. The number of hydrogen-bond acceptors (Lipinski definition) is 7. The first kappa shape index (κ1) is 34.3. The van der Waals surface area contributed by atoms with Crippen molar-refractivity contribution in [3.05, 3.63) is 99.5 Å². The molecule has 3 aromatic rings. The van der Waals surface area contributed by atoms with Gasteiger partial charge in [-0.05, 0) is 62.6 Å². The van der Waals surface area contributed by atoms with Crippen molar-refractivity contribution in [3.63, 3.8) is 0 Å². The van der Waals surface area contributed by atoms with E-state index in [9.17, 15) is 20.0 Å². The van der Waals surface area contributed by atoms with Crippen LogP contribution in [0.15, 0.2) is 66.7 Å². The Morgan fingerprint density at radius 3 is 2.49 bits per heavy atom. The number of amides is 1. The largest absolute Gasteiger partial charge is 0.426 e. The zero-order valence-corrected chi connectivity index (χ0v) is 26.1. The Hall–Kier alpha value is -3.59. The highest BCUT2D eigenvalue weighted by Gasteiger charge is 2.62. The molecule has 4 unspecified atom stereocenters. The number of rotatable bonds is 11. The molecule has 5 atom stereocenters. The van der Waals surface area contributed by atoms with Crippen molar-refractivity contribution in [2.75, 3.05) is 13.2 Å². The summed E-state index contributed by atoms with van der Waals surface area (Å²) >= 11 is 12.2. The summed E-state index contributed by atoms with van der Waals surface area (Å²) in [6, 6.07) is 16.0. The first-order chi connectivity index (χ1) is 21.3. The number of para-hydroxylation sites is 1. The topological polar surface area (TPSA) is 132 Å². The van der Waals surface area contributed by atoms with E-state index in [1.54, 1.807) is 44.2 Å². The third kappa shape index (κ3) is 7.13. The molecule has 1 saturated heterocycles. The average Bonchev–Trinajstić information content (AvgIpc) is 3.32. The van der Waals surface area contributed by atoms with E-state index >= 15 is 8.78 Å². The van der Waals surface area contributed by atoms with E-state index in [4.69, 9.17) is 33.0 Å². The molecule has 8 nitrogen and oxygen atoms in total. The molecule has 238 valence electrons. The summed E-state index contributed by atoms with van der Waals surface area (Å²) in [6.07, 6.45) is -1.21. The highest BCUT2D eigenvalue weighted by atomic mass is 35.5. The van der Waals surface area contributed by atoms with E-state index < -0.39 is 65.1 Å². The van der Waals surface area contributed by atoms with Gasteiger partial charge in [-0.1, -0.05) is 59.6 Å². The Morgan fingerprint density at radius 2 is 1.84 bits per heavy atom. The maximum atomic E-state index is 15.9. The number of carbonyl (C=O) groups is 2. The summed E-state index contributed by atoms with van der Waals surface area (Å²) in [5.41, 5.74) is -3.55. The minimum atomic E-state index is -1.98. The van der Waals surface area contributed by atoms with Crippen LogP contribution >= 0.6 is 23.2 Å². The van der Waals surface area contributed by atoms with Crippen LogP contribution in [0.3, 0.4) is 0 Å². The number of aliphatic hydroxyl groups is 2. The second kappa shape index (κ2) is 14.2. The number of halogens is 4. The number of nitrogens with one attached hydrogen (secondary N) is 2. The van der Waals surface area contributed by atoms with Gasteiger partial charge in [0.2, 0.25) is 5.91 Å². The summed E-state index contributed by atoms with van der Waals surface area (Å²) in [5.74, 6) is -4.13. The molecule has 0 aromatic heterocycles. The molecular weight excluding hydrogens is 627 g/mol. The van der Waals surface area contributed by atoms with Crippen LogP contribution in [-0.4, -0.2) is 53.4 Å².